The van der Waals surface area contributed by atoms with Crippen molar-refractivity contribution < 1.29 is 14.6 Å². The van der Waals surface area contributed by atoms with Crippen LogP contribution in [0.15, 0.2) is 0 Å². The van der Waals surface area contributed by atoms with E-state index in [0.29, 0.717) is 13.2 Å². The normalized spacial score (nSPS) is 28.6. The van der Waals surface area contributed by atoms with Crippen molar-refractivity contribution in [1.82, 2.24) is 4.90 Å². The number of rotatable bonds is 8. The number of likely N-dealkylation sites (N-methyl/N-ethyl adjacent to an activating group) is 1. The lowest BCUT2D eigenvalue weighted by Gasteiger charge is -2.37. The molecule has 18 heavy (non-hydrogen) atoms. The van der Waals surface area contributed by atoms with Crippen LogP contribution in [0.5, 0.6) is 0 Å². The fourth-order valence-electron chi connectivity index (χ4n) is 2.65. The van der Waals surface area contributed by atoms with E-state index >= 15 is 0 Å². The molecular weight excluding hydrogens is 230 g/mol. The van der Waals surface area contributed by atoms with Crippen LogP contribution in [0.4, 0.5) is 0 Å². The molecule has 1 aliphatic rings. The molecule has 0 aliphatic heterocycles. The topological polar surface area (TPSA) is 49.8 Å². The smallest absolute Gasteiger partial charge is 0.127 e. The first-order valence-corrected chi connectivity index (χ1v) is 6.95. The quantitative estimate of drug-likeness (QED) is 0.526. The average molecular weight is 257 g/mol. The second-order valence-electron chi connectivity index (χ2n) is 5.74. The Balaban J connectivity index is 2.31. The molecule has 0 spiro atoms. The Kier molecular flexibility index (Phi) is 6.82. The molecule has 1 rings (SSSR count). The van der Waals surface area contributed by atoms with E-state index in [9.17, 15) is 4.79 Å². The molecule has 0 aromatic rings. The van der Waals surface area contributed by atoms with Crippen molar-refractivity contribution in [2.45, 2.75) is 32.6 Å². The van der Waals surface area contributed by atoms with Crippen LogP contribution in [0.3, 0.4) is 0 Å². The number of carbonyl (C=O) groups is 1. The molecule has 0 aromatic carbocycles. The third kappa shape index (κ3) is 5.04. The predicted octanol–water partition coefficient (Wildman–Crippen LogP) is 1.32. The Morgan fingerprint density at radius 2 is 2.06 bits per heavy atom. The van der Waals surface area contributed by atoms with Gasteiger partial charge in [0.15, 0.2) is 0 Å². The van der Waals surface area contributed by atoms with Gasteiger partial charge in [0, 0.05) is 18.5 Å². The van der Waals surface area contributed by atoms with Gasteiger partial charge in [-0.1, -0.05) is 6.92 Å². The second-order valence-corrected chi connectivity index (χ2v) is 5.74. The summed E-state index contributed by atoms with van der Waals surface area (Å²) in [6, 6.07) is 0. The molecule has 0 radical (unpaired) electrons. The van der Waals surface area contributed by atoms with Gasteiger partial charge in [-0.3, -0.25) is 0 Å². The van der Waals surface area contributed by atoms with E-state index in [1.54, 1.807) is 0 Å². The van der Waals surface area contributed by atoms with Gasteiger partial charge in [0.1, 0.15) is 6.29 Å². The van der Waals surface area contributed by atoms with Gasteiger partial charge in [-0.05, 0) is 38.6 Å². The summed E-state index contributed by atoms with van der Waals surface area (Å²) in [6.45, 7) is 4.98. The van der Waals surface area contributed by atoms with Gasteiger partial charge in [-0.2, -0.15) is 0 Å². The molecule has 0 atom stereocenters. The van der Waals surface area contributed by atoms with Crippen molar-refractivity contribution in [1.29, 1.82) is 0 Å². The van der Waals surface area contributed by atoms with Crippen molar-refractivity contribution in [2.24, 2.45) is 11.3 Å². The number of aliphatic hydroxyl groups is 1. The molecule has 4 heteroatoms. The third-order valence-corrected chi connectivity index (χ3v) is 3.96. The minimum absolute atomic E-state index is 0.0693. The molecule has 0 aromatic heterocycles. The summed E-state index contributed by atoms with van der Waals surface area (Å²) in [4.78, 5) is 13.6. The predicted molar refractivity (Wildman–Crippen MR) is 71.5 cm³/mol. The first kappa shape index (κ1) is 15.6. The molecule has 0 saturated heterocycles. The number of nitrogens with zero attached hydrogens (tertiary/aromatic N) is 1. The van der Waals surface area contributed by atoms with E-state index < -0.39 is 0 Å². The van der Waals surface area contributed by atoms with E-state index in [1.165, 1.54) is 6.29 Å². The van der Waals surface area contributed by atoms with E-state index in [1.807, 2.05) is 7.05 Å². The highest BCUT2D eigenvalue weighted by Crippen LogP contribution is 2.37. The first-order chi connectivity index (χ1) is 8.62. The molecule has 1 N–H and O–H groups in total. The van der Waals surface area contributed by atoms with Crippen LogP contribution >= 0.6 is 0 Å². The van der Waals surface area contributed by atoms with Crippen molar-refractivity contribution in [3.05, 3.63) is 0 Å². The Labute approximate surface area is 110 Å². The average Bonchev–Trinajstić information content (AvgIpc) is 2.38. The van der Waals surface area contributed by atoms with Crippen molar-refractivity contribution >= 4 is 6.29 Å². The lowest BCUT2D eigenvalue weighted by molar-refractivity contribution is -0.119. The number of ether oxygens (including phenoxy) is 1. The fraction of sp³-hybridized carbons (Fsp3) is 0.929. The third-order valence-electron chi connectivity index (χ3n) is 3.96. The first-order valence-electron chi connectivity index (χ1n) is 6.95. The zero-order valence-electron chi connectivity index (χ0n) is 11.7. The van der Waals surface area contributed by atoms with Crippen LogP contribution < -0.4 is 0 Å². The SMILES string of the molecule is CC1CCC(C=O)(CN(C)CCOCCO)CC1. The Bertz CT molecular complexity index is 237. The summed E-state index contributed by atoms with van der Waals surface area (Å²) in [6.07, 6.45) is 5.52. The molecule has 1 fully saturated rings. The molecular formula is C14H27NO3. The van der Waals surface area contributed by atoms with Gasteiger partial charge in [0.05, 0.1) is 19.8 Å². The van der Waals surface area contributed by atoms with Gasteiger partial charge in [-0.15, -0.1) is 0 Å². The Morgan fingerprint density at radius 3 is 2.61 bits per heavy atom. The van der Waals surface area contributed by atoms with Crippen LogP contribution in [0.2, 0.25) is 0 Å². The second kappa shape index (κ2) is 7.87. The van der Waals surface area contributed by atoms with E-state index in [-0.39, 0.29) is 12.0 Å². The summed E-state index contributed by atoms with van der Waals surface area (Å²) >= 11 is 0. The number of aliphatic hydroxyl groups excluding tert-OH is 1. The summed E-state index contributed by atoms with van der Waals surface area (Å²) in [5.74, 6) is 0.760. The van der Waals surface area contributed by atoms with Crippen molar-refractivity contribution in [3.8, 4) is 0 Å². The van der Waals surface area contributed by atoms with Gasteiger partial charge in [-0.25, -0.2) is 0 Å². The molecule has 1 saturated carbocycles. The monoisotopic (exact) mass is 257 g/mol. The maximum atomic E-state index is 11.4. The fourth-order valence-corrected chi connectivity index (χ4v) is 2.65. The largest absolute Gasteiger partial charge is 0.394 e. The maximum absolute atomic E-state index is 11.4. The standard InChI is InChI=1S/C14H27NO3/c1-13-3-5-14(12-17,6-4-13)11-15(2)7-9-18-10-8-16/h12-13,16H,3-11H2,1-2H3. The number of carbonyl (C=O) groups excluding carboxylic acids is 1. The van der Waals surface area contributed by atoms with Crippen LogP contribution in [-0.4, -0.2) is 56.3 Å². The van der Waals surface area contributed by atoms with Crippen molar-refractivity contribution in [3.63, 3.8) is 0 Å². The van der Waals surface area contributed by atoms with Crippen LogP contribution in [0.1, 0.15) is 32.6 Å². The highest BCUT2D eigenvalue weighted by Gasteiger charge is 2.34. The summed E-state index contributed by atoms with van der Waals surface area (Å²) in [5, 5.41) is 8.61. The molecule has 0 amide bonds. The molecule has 106 valence electrons. The minimum Gasteiger partial charge on any atom is -0.394 e. The van der Waals surface area contributed by atoms with Gasteiger partial charge in [0.25, 0.3) is 0 Å². The van der Waals surface area contributed by atoms with Gasteiger partial charge < -0.3 is 19.5 Å². The zero-order chi connectivity index (χ0) is 13.4. The van der Waals surface area contributed by atoms with Crippen LogP contribution in [0, 0.1) is 11.3 Å². The Morgan fingerprint density at radius 1 is 1.39 bits per heavy atom. The lowest BCUT2D eigenvalue weighted by Crippen LogP contribution is -2.40. The highest BCUT2D eigenvalue weighted by molar-refractivity contribution is 5.60. The van der Waals surface area contributed by atoms with E-state index in [2.05, 4.69) is 11.8 Å². The summed E-state index contributed by atoms with van der Waals surface area (Å²) in [5.41, 5.74) is -0.141. The summed E-state index contributed by atoms with van der Waals surface area (Å²) < 4.78 is 5.25. The zero-order valence-corrected chi connectivity index (χ0v) is 11.7. The number of hydrogen-bond acceptors (Lipinski definition) is 4. The van der Waals surface area contributed by atoms with Crippen LogP contribution in [-0.2, 0) is 9.53 Å². The molecule has 0 heterocycles. The number of aldehydes is 1. The summed E-state index contributed by atoms with van der Waals surface area (Å²) in [7, 11) is 2.03. The van der Waals surface area contributed by atoms with E-state index in [4.69, 9.17) is 9.84 Å². The van der Waals surface area contributed by atoms with Crippen LogP contribution in [0.25, 0.3) is 0 Å². The number of hydrogen-bond donors (Lipinski definition) is 1. The molecule has 0 unspecified atom stereocenters. The van der Waals surface area contributed by atoms with Gasteiger partial charge >= 0.3 is 0 Å². The molecule has 4 nitrogen and oxygen atoms in total. The Hall–Kier alpha value is -0.450. The highest BCUT2D eigenvalue weighted by atomic mass is 16.5. The van der Waals surface area contributed by atoms with Crippen molar-refractivity contribution in [2.75, 3.05) is 40.0 Å². The van der Waals surface area contributed by atoms with E-state index in [0.717, 1.165) is 44.7 Å². The maximum Gasteiger partial charge on any atom is 0.127 e. The van der Waals surface area contributed by atoms with Gasteiger partial charge in [0.2, 0.25) is 0 Å². The molecule has 0 bridgehead atoms. The minimum atomic E-state index is -0.141. The molecule has 1 aliphatic carbocycles. The lowest BCUT2D eigenvalue weighted by atomic mass is 9.71.